The van der Waals surface area contributed by atoms with Crippen molar-refractivity contribution in [3.8, 4) is 17.2 Å². The van der Waals surface area contributed by atoms with Crippen LogP contribution in [0.1, 0.15) is 28.7 Å². The number of hydrogen-bond donors (Lipinski definition) is 1. The minimum Gasteiger partial charge on any atom is -0.493 e. The summed E-state index contributed by atoms with van der Waals surface area (Å²) in [7, 11) is 4.45. The summed E-state index contributed by atoms with van der Waals surface area (Å²) in [5.74, 6) is 0.379. The van der Waals surface area contributed by atoms with Gasteiger partial charge in [-0.1, -0.05) is 0 Å². The molecule has 9 nitrogen and oxygen atoms in total. The van der Waals surface area contributed by atoms with Crippen molar-refractivity contribution in [1.29, 1.82) is 0 Å². The molecule has 0 bridgehead atoms. The lowest BCUT2D eigenvalue weighted by atomic mass is 10.1. The molecule has 0 atom stereocenters. The van der Waals surface area contributed by atoms with Crippen molar-refractivity contribution in [2.24, 2.45) is 0 Å². The van der Waals surface area contributed by atoms with Crippen molar-refractivity contribution in [3.63, 3.8) is 0 Å². The summed E-state index contributed by atoms with van der Waals surface area (Å²) in [6.07, 6.45) is 0. The van der Waals surface area contributed by atoms with Gasteiger partial charge in [0.15, 0.2) is 11.5 Å². The Kier molecular flexibility index (Phi) is 6.86. The van der Waals surface area contributed by atoms with E-state index in [0.717, 1.165) is 0 Å². The average molecular weight is 391 g/mol. The number of aryl methyl sites for hydroxylation is 1. The van der Waals surface area contributed by atoms with Crippen LogP contribution in [0, 0.1) is 13.8 Å². The van der Waals surface area contributed by atoms with E-state index in [9.17, 15) is 9.59 Å². The van der Waals surface area contributed by atoms with Crippen LogP contribution in [-0.2, 0) is 16.1 Å². The Morgan fingerprint density at radius 1 is 1.07 bits per heavy atom. The molecule has 0 aliphatic carbocycles. The lowest BCUT2D eigenvalue weighted by Crippen LogP contribution is -2.16. The van der Waals surface area contributed by atoms with Gasteiger partial charge < -0.3 is 24.3 Å². The zero-order valence-electron chi connectivity index (χ0n) is 16.9. The number of hydrogen-bond acceptors (Lipinski definition) is 7. The van der Waals surface area contributed by atoms with Gasteiger partial charge in [-0.3, -0.25) is 14.3 Å². The SMILES string of the molecule is CCOC(=O)Cn1nc(C)c(NC(=O)c2cc(OC)c(OC)c(OC)c2)c1C. The number of carbonyl (C=O) groups is 2. The zero-order chi connectivity index (χ0) is 20.8. The second-order valence-corrected chi connectivity index (χ2v) is 5.88. The van der Waals surface area contributed by atoms with Crippen LogP contribution in [0.25, 0.3) is 0 Å². The second kappa shape index (κ2) is 9.12. The lowest BCUT2D eigenvalue weighted by molar-refractivity contribution is -0.144. The maximum atomic E-state index is 12.8. The minimum atomic E-state index is -0.393. The molecule has 0 fully saturated rings. The van der Waals surface area contributed by atoms with Gasteiger partial charge in [-0.15, -0.1) is 0 Å². The molecule has 0 radical (unpaired) electrons. The molecule has 1 aromatic heterocycles. The van der Waals surface area contributed by atoms with Gasteiger partial charge >= 0.3 is 5.97 Å². The number of nitrogens with zero attached hydrogens (tertiary/aromatic N) is 2. The van der Waals surface area contributed by atoms with Crippen LogP contribution >= 0.6 is 0 Å². The third-order valence-corrected chi connectivity index (χ3v) is 4.13. The maximum Gasteiger partial charge on any atom is 0.327 e. The van der Waals surface area contributed by atoms with Gasteiger partial charge in [0.2, 0.25) is 5.75 Å². The Balaban J connectivity index is 2.30. The van der Waals surface area contributed by atoms with Crippen molar-refractivity contribution >= 4 is 17.6 Å². The molecule has 0 unspecified atom stereocenters. The molecule has 0 saturated carbocycles. The Bertz CT molecular complexity index is 850. The van der Waals surface area contributed by atoms with Crippen molar-refractivity contribution in [3.05, 3.63) is 29.1 Å². The number of carbonyl (C=O) groups excluding carboxylic acids is 2. The highest BCUT2D eigenvalue weighted by molar-refractivity contribution is 6.05. The molecule has 1 amide bonds. The Morgan fingerprint density at radius 2 is 1.68 bits per heavy atom. The third-order valence-electron chi connectivity index (χ3n) is 4.13. The van der Waals surface area contributed by atoms with Crippen molar-refractivity contribution in [2.45, 2.75) is 27.3 Å². The highest BCUT2D eigenvalue weighted by atomic mass is 16.5. The van der Waals surface area contributed by atoms with E-state index in [2.05, 4.69) is 10.4 Å². The molecule has 28 heavy (non-hydrogen) atoms. The molecular weight excluding hydrogens is 366 g/mol. The summed E-state index contributed by atoms with van der Waals surface area (Å²) in [5.41, 5.74) is 2.09. The van der Waals surface area contributed by atoms with E-state index < -0.39 is 5.97 Å². The predicted octanol–water partition coefficient (Wildman–Crippen LogP) is 2.34. The Labute approximate surface area is 163 Å². The van der Waals surface area contributed by atoms with Gasteiger partial charge in [0.1, 0.15) is 6.54 Å². The summed E-state index contributed by atoms with van der Waals surface area (Å²) < 4.78 is 22.3. The highest BCUT2D eigenvalue weighted by Gasteiger charge is 2.20. The fraction of sp³-hybridized carbons (Fsp3) is 0.421. The molecule has 9 heteroatoms. The topological polar surface area (TPSA) is 101 Å². The number of ether oxygens (including phenoxy) is 4. The van der Waals surface area contributed by atoms with Crippen LogP contribution in [0.5, 0.6) is 17.2 Å². The van der Waals surface area contributed by atoms with Gasteiger partial charge in [-0.05, 0) is 32.9 Å². The Morgan fingerprint density at radius 3 is 2.18 bits per heavy atom. The van der Waals surface area contributed by atoms with Crippen LogP contribution < -0.4 is 19.5 Å². The summed E-state index contributed by atoms with van der Waals surface area (Å²) in [6, 6.07) is 3.12. The molecule has 0 aliphatic heterocycles. The molecule has 2 aromatic rings. The van der Waals surface area contributed by atoms with E-state index in [4.69, 9.17) is 18.9 Å². The monoisotopic (exact) mass is 391 g/mol. The summed E-state index contributed by atoms with van der Waals surface area (Å²) >= 11 is 0. The van der Waals surface area contributed by atoms with Gasteiger partial charge in [0, 0.05) is 5.56 Å². The molecule has 1 aromatic carbocycles. The molecule has 0 spiro atoms. The third kappa shape index (κ3) is 4.36. The first kappa shape index (κ1) is 21.1. The van der Waals surface area contributed by atoms with Gasteiger partial charge in [0.25, 0.3) is 5.91 Å². The summed E-state index contributed by atoms with van der Waals surface area (Å²) in [5, 5.41) is 7.14. The van der Waals surface area contributed by atoms with Crippen LogP contribution in [0.3, 0.4) is 0 Å². The fourth-order valence-electron chi connectivity index (χ4n) is 2.76. The molecule has 0 saturated heterocycles. The zero-order valence-corrected chi connectivity index (χ0v) is 16.9. The molecule has 152 valence electrons. The largest absolute Gasteiger partial charge is 0.493 e. The van der Waals surface area contributed by atoms with Gasteiger partial charge in [-0.2, -0.15) is 5.10 Å². The number of anilines is 1. The van der Waals surface area contributed by atoms with E-state index >= 15 is 0 Å². The molecular formula is C19H25N3O6. The van der Waals surface area contributed by atoms with Crippen molar-refractivity contribution < 1.29 is 28.5 Å². The highest BCUT2D eigenvalue weighted by Crippen LogP contribution is 2.38. The van der Waals surface area contributed by atoms with E-state index in [-0.39, 0.29) is 12.5 Å². The second-order valence-electron chi connectivity index (χ2n) is 5.88. The number of nitrogens with one attached hydrogen (secondary N) is 1. The number of methoxy groups -OCH3 is 3. The van der Waals surface area contributed by atoms with Crippen LogP contribution in [0.15, 0.2) is 12.1 Å². The predicted molar refractivity (Wildman–Crippen MR) is 102 cm³/mol. The van der Waals surface area contributed by atoms with E-state index in [0.29, 0.717) is 46.5 Å². The molecule has 2 rings (SSSR count). The number of rotatable bonds is 8. The van der Waals surface area contributed by atoms with Crippen LogP contribution in [0.2, 0.25) is 0 Å². The quantitative estimate of drug-likeness (QED) is 0.689. The maximum absolute atomic E-state index is 12.8. The van der Waals surface area contributed by atoms with Gasteiger partial charge in [-0.25, -0.2) is 0 Å². The molecule has 0 aliphatic rings. The van der Waals surface area contributed by atoms with Crippen molar-refractivity contribution in [2.75, 3.05) is 33.3 Å². The standard InChI is InChI=1S/C19H25N3O6/c1-7-28-16(23)10-22-12(3)17(11(2)21-22)20-19(24)13-8-14(25-4)18(27-6)15(9-13)26-5/h8-9H,7,10H2,1-6H3,(H,20,24). The Hall–Kier alpha value is -3.23. The van der Waals surface area contributed by atoms with Crippen LogP contribution in [0.4, 0.5) is 5.69 Å². The van der Waals surface area contributed by atoms with E-state index in [1.54, 1.807) is 32.9 Å². The number of amides is 1. The smallest absolute Gasteiger partial charge is 0.327 e. The lowest BCUT2D eigenvalue weighted by Gasteiger charge is -2.14. The molecule has 1 N–H and O–H groups in total. The number of benzene rings is 1. The van der Waals surface area contributed by atoms with E-state index in [1.807, 2.05) is 0 Å². The van der Waals surface area contributed by atoms with Crippen molar-refractivity contribution in [1.82, 2.24) is 9.78 Å². The van der Waals surface area contributed by atoms with Gasteiger partial charge in [0.05, 0.1) is 45.0 Å². The average Bonchev–Trinajstić information content (AvgIpc) is 2.93. The fourth-order valence-corrected chi connectivity index (χ4v) is 2.76. The minimum absolute atomic E-state index is 0.0272. The van der Waals surface area contributed by atoms with Crippen LogP contribution in [-0.4, -0.2) is 49.6 Å². The summed E-state index contributed by atoms with van der Waals surface area (Å²) in [4.78, 5) is 24.5. The molecule has 1 heterocycles. The number of esters is 1. The first-order valence-corrected chi connectivity index (χ1v) is 8.67. The normalized spacial score (nSPS) is 10.4. The first-order valence-electron chi connectivity index (χ1n) is 8.67. The first-order chi connectivity index (χ1) is 13.4. The number of aromatic nitrogens is 2. The van der Waals surface area contributed by atoms with E-state index in [1.165, 1.54) is 26.0 Å². The summed E-state index contributed by atoms with van der Waals surface area (Å²) in [6.45, 7) is 5.52.